The first-order valence-electron chi connectivity index (χ1n) is 3.49. The van der Waals surface area contributed by atoms with Crippen LogP contribution in [0.1, 0.15) is 15.9 Å². The van der Waals surface area contributed by atoms with Gasteiger partial charge in [0.1, 0.15) is 5.82 Å². The predicted octanol–water partition coefficient (Wildman–Crippen LogP) is 3.88. The van der Waals surface area contributed by atoms with Crippen LogP contribution in [-0.2, 0) is 6.18 Å². The Balaban J connectivity index is 3.49. The van der Waals surface area contributed by atoms with E-state index in [4.69, 9.17) is 23.2 Å². The summed E-state index contributed by atoms with van der Waals surface area (Å²) in [5.41, 5.74) is -2.31. The molecule has 0 unspecified atom stereocenters. The van der Waals surface area contributed by atoms with Gasteiger partial charge in [0.05, 0.1) is 10.6 Å². The summed E-state index contributed by atoms with van der Waals surface area (Å²) in [6.45, 7) is 0. The second-order valence-corrected chi connectivity index (χ2v) is 3.33. The number of benzene rings is 1. The molecule has 7 heteroatoms. The molecule has 1 aromatic rings. The normalized spacial score (nSPS) is 11.6. The number of carbonyl (C=O) groups excluding carboxylic acids is 1. The first kappa shape index (κ1) is 12.3. The first-order valence-corrected chi connectivity index (χ1v) is 4.25. The minimum Gasteiger partial charge on any atom is -0.276 e. The number of carbonyl (C=O) groups is 1. The highest BCUT2D eigenvalue weighted by atomic mass is 35.5. The van der Waals surface area contributed by atoms with Gasteiger partial charge in [-0.3, -0.25) is 4.79 Å². The van der Waals surface area contributed by atoms with Crippen molar-refractivity contribution in [2.24, 2.45) is 0 Å². The SMILES string of the molecule is O=C(Cl)c1cc(Cl)c(F)cc1C(F)(F)F. The van der Waals surface area contributed by atoms with Crippen LogP contribution in [0.2, 0.25) is 5.02 Å². The Morgan fingerprint density at radius 3 is 2.20 bits per heavy atom. The van der Waals surface area contributed by atoms with Gasteiger partial charge in [0.15, 0.2) is 0 Å². The van der Waals surface area contributed by atoms with E-state index in [1.54, 1.807) is 0 Å². The van der Waals surface area contributed by atoms with E-state index < -0.39 is 33.4 Å². The van der Waals surface area contributed by atoms with Crippen LogP contribution in [-0.4, -0.2) is 5.24 Å². The van der Waals surface area contributed by atoms with Crippen LogP contribution in [0.25, 0.3) is 0 Å². The highest BCUT2D eigenvalue weighted by Crippen LogP contribution is 2.35. The predicted molar refractivity (Wildman–Crippen MR) is 46.6 cm³/mol. The Bertz CT molecular complexity index is 414. The third kappa shape index (κ3) is 2.60. The lowest BCUT2D eigenvalue weighted by molar-refractivity contribution is -0.138. The molecule has 0 fully saturated rings. The molecule has 0 amide bonds. The first-order chi connectivity index (χ1) is 6.73. The molecule has 0 N–H and O–H groups in total. The summed E-state index contributed by atoms with van der Waals surface area (Å²) in [4.78, 5) is 10.7. The smallest absolute Gasteiger partial charge is 0.276 e. The maximum atomic E-state index is 12.8. The van der Waals surface area contributed by atoms with Crippen molar-refractivity contribution < 1.29 is 22.4 Å². The van der Waals surface area contributed by atoms with Gasteiger partial charge in [-0.25, -0.2) is 4.39 Å². The van der Waals surface area contributed by atoms with E-state index in [1.807, 2.05) is 0 Å². The van der Waals surface area contributed by atoms with Crippen molar-refractivity contribution in [1.29, 1.82) is 0 Å². The Labute approximate surface area is 91.6 Å². The summed E-state index contributed by atoms with van der Waals surface area (Å²) in [6.07, 6.45) is -4.86. The average Bonchev–Trinajstić information content (AvgIpc) is 2.06. The number of hydrogen-bond acceptors (Lipinski definition) is 1. The fraction of sp³-hybridized carbons (Fsp3) is 0.125. The van der Waals surface area contributed by atoms with Crippen LogP contribution >= 0.6 is 23.2 Å². The summed E-state index contributed by atoms with van der Waals surface area (Å²) in [5.74, 6) is -1.26. The molecular formula is C8H2Cl2F4O. The molecule has 0 atom stereocenters. The summed E-state index contributed by atoms with van der Waals surface area (Å²) >= 11 is 10.1. The van der Waals surface area contributed by atoms with Crippen LogP contribution in [0.3, 0.4) is 0 Å². The molecule has 82 valence electrons. The van der Waals surface area contributed by atoms with Crippen LogP contribution in [0.4, 0.5) is 17.6 Å². The van der Waals surface area contributed by atoms with Gasteiger partial charge in [0, 0.05) is 5.56 Å². The fourth-order valence-electron chi connectivity index (χ4n) is 0.944. The third-order valence-corrected chi connectivity index (χ3v) is 2.07. The molecule has 1 aromatic carbocycles. The Morgan fingerprint density at radius 2 is 1.80 bits per heavy atom. The number of alkyl halides is 3. The van der Waals surface area contributed by atoms with E-state index >= 15 is 0 Å². The van der Waals surface area contributed by atoms with Gasteiger partial charge in [-0.05, 0) is 23.7 Å². The van der Waals surface area contributed by atoms with Gasteiger partial charge in [-0.2, -0.15) is 13.2 Å². The van der Waals surface area contributed by atoms with Gasteiger partial charge >= 0.3 is 6.18 Å². The lowest BCUT2D eigenvalue weighted by Crippen LogP contribution is -2.11. The summed E-state index contributed by atoms with van der Waals surface area (Å²) in [7, 11) is 0. The quantitative estimate of drug-likeness (QED) is 0.553. The van der Waals surface area contributed by atoms with E-state index in [0.29, 0.717) is 6.07 Å². The van der Waals surface area contributed by atoms with E-state index in [1.165, 1.54) is 0 Å². The number of halogens is 6. The Kier molecular flexibility index (Phi) is 3.25. The lowest BCUT2D eigenvalue weighted by Gasteiger charge is -2.10. The van der Waals surface area contributed by atoms with Gasteiger partial charge in [-0.15, -0.1) is 0 Å². The number of hydrogen-bond donors (Lipinski definition) is 0. The zero-order chi connectivity index (χ0) is 11.8. The molecule has 0 aliphatic heterocycles. The van der Waals surface area contributed by atoms with Gasteiger partial charge in [0.25, 0.3) is 5.24 Å². The number of rotatable bonds is 1. The van der Waals surface area contributed by atoms with E-state index in [0.717, 1.165) is 0 Å². The van der Waals surface area contributed by atoms with Crippen LogP contribution in [0, 0.1) is 5.82 Å². The maximum Gasteiger partial charge on any atom is 0.417 e. The topological polar surface area (TPSA) is 17.1 Å². The van der Waals surface area contributed by atoms with Crippen LogP contribution in [0.5, 0.6) is 0 Å². The monoisotopic (exact) mass is 260 g/mol. The van der Waals surface area contributed by atoms with E-state index in [9.17, 15) is 22.4 Å². The van der Waals surface area contributed by atoms with Crippen molar-refractivity contribution in [3.05, 3.63) is 34.1 Å². The van der Waals surface area contributed by atoms with Gasteiger partial charge in [-0.1, -0.05) is 11.6 Å². The molecular weight excluding hydrogens is 259 g/mol. The zero-order valence-corrected chi connectivity index (χ0v) is 8.34. The molecule has 1 rings (SSSR count). The van der Waals surface area contributed by atoms with Crippen molar-refractivity contribution in [3.63, 3.8) is 0 Å². The highest BCUT2D eigenvalue weighted by Gasteiger charge is 2.36. The van der Waals surface area contributed by atoms with Crippen molar-refractivity contribution in [3.8, 4) is 0 Å². The molecule has 0 saturated carbocycles. The highest BCUT2D eigenvalue weighted by molar-refractivity contribution is 6.68. The van der Waals surface area contributed by atoms with Crippen molar-refractivity contribution in [1.82, 2.24) is 0 Å². The fourth-order valence-corrected chi connectivity index (χ4v) is 1.26. The third-order valence-electron chi connectivity index (χ3n) is 1.58. The van der Waals surface area contributed by atoms with Crippen molar-refractivity contribution >= 4 is 28.4 Å². The minimum absolute atomic E-state index is 0.137. The van der Waals surface area contributed by atoms with E-state index in [2.05, 4.69) is 0 Å². The molecule has 0 radical (unpaired) electrons. The molecule has 0 aliphatic carbocycles. The van der Waals surface area contributed by atoms with Gasteiger partial charge < -0.3 is 0 Å². The Morgan fingerprint density at radius 1 is 1.27 bits per heavy atom. The average molecular weight is 261 g/mol. The summed E-state index contributed by atoms with van der Waals surface area (Å²) in [6, 6.07) is 0.687. The standard InChI is InChI=1S/C8H2Cl2F4O/c9-5-1-3(7(10)15)4(2-6(5)11)8(12,13)14/h1-2H. The van der Waals surface area contributed by atoms with Crippen molar-refractivity contribution in [2.75, 3.05) is 0 Å². The minimum atomic E-state index is -4.86. The molecule has 0 aliphatic rings. The maximum absolute atomic E-state index is 12.8. The van der Waals surface area contributed by atoms with Crippen molar-refractivity contribution in [2.45, 2.75) is 6.18 Å². The summed E-state index contributed by atoms with van der Waals surface area (Å²) < 4.78 is 49.7. The molecule has 0 bridgehead atoms. The van der Waals surface area contributed by atoms with Crippen LogP contribution < -0.4 is 0 Å². The Hall–Kier alpha value is -0.810. The molecule has 15 heavy (non-hydrogen) atoms. The molecule has 0 heterocycles. The van der Waals surface area contributed by atoms with Gasteiger partial charge in [0.2, 0.25) is 0 Å². The lowest BCUT2D eigenvalue weighted by atomic mass is 10.1. The molecule has 0 saturated heterocycles. The second-order valence-electron chi connectivity index (χ2n) is 2.58. The second kappa shape index (κ2) is 3.98. The summed E-state index contributed by atoms with van der Waals surface area (Å²) in [5, 5.41) is -1.93. The molecule has 0 aromatic heterocycles. The molecule has 1 nitrogen and oxygen atoms in total. The zero-order valence-electron chi connectivity index (χ0n) is 6.83. The molecule has 0 spiro atoms. The largest absolute Gasteiger partial charge is 0.417 e. The van der Waals surface area contributed by atoms with Crippen LogP contribution in [0.15, 0.2) is 12.1 Å². The van der Waals surface area contributed by atoms with E-state index in [-0.39, 0.29) is 6.07 Å².